The van der Waals surface area contributed by atoms with Gasteiger partial charge in [0.15, 0.2) is 0 Å². The van der Waals surface area contributed by atoms with E-state index in [9.17, 15) is 4.39 Å². The highest BCUT2D eigenvalue weighted by Gasteiger charge is 2.30. The molecule has 0 amide bonds. The molecule has 0 aromatic heterocycles. The van der Waals surface area contributed by atoms with Crippen LogP contribution in [0.3, 0.4) is 0 Å². The van der Waals surface area contributed by atoms with Crippen LogP contribution in [0.25, 0.3) is 0 Å². The Labute approximate surface area is 152 Å². The van der Waals surface area contributed by atoms with Crippen molar-refractivity contribution >= 4 is 0 Å². The second-order valence-corrected chi connectivity index (χ2v) is 7.58. The second kappa shape index (κ2) is 8.14. The number of rotatable bonds is 7. The van der Waals surface area contributed by atoms with E-state index in [4.69, 9.17) is 4.74 Å². The minimum absolute atomic E-state index is 0.0313. The molecule has 0 heterocycles. The molecule has 0 N–H and O–H groups in total. The Morgan fingerprint density at radius 2 is 1.96 bits per heavy atom. The summed E-state index contributed by atoms with van der Waals surface area (Å²) in [6.07, 6.45) is 8.46. The zero-order chi connectivity index (χ0) is 18.5. The van der Waals surface area contributed by atoms with Crippen molar-refractivity contribution in [1.82, 2.24) is 0 Å². The van der Waals surface area contributed by atoms with Gasteiger partial charge in [-0.25, -0.2) is 4.39 Å². The van der Waals surface area contributed by atoms with Crippen molar-refractivity contribution in [2.75, 3.05) is 13.7 Å². The maximum Gasteiger partial charge on any atom is 0.126 e. The molecule has 2 rings (SSSR count). The van der Waals surface area contributed by atoms with Crippen LogP contribution in [0.4, 0.5) is 4.39 Å². The van der Waals surface area contributed by atoms with Gasteiger partial charge in [-0.1, -0.05) is 63.3 Å². The smallest absolute Gasteiger partial charge is 0.126 e. The molecular formula is C23H31FO. The van der Waals surface area contributed by atoms with Crippen molar-refractivity contribution in [2.24, 2.45) is 5.41 Å². The van der Waals surface area contributed by atoms with Crippen molar-refractivity contribution in [2.45, 2.75) is 52.4 Å². The molecule has 0 bridgehead atoms. The molecule has 2 heteroatoms. The molecular weight excluding hydrogens is 311 g/mol. The van der Waals surface area contributed by atoms with E-state index in [0.717, 1.165) is 30.4 Å². The summed E-state index contributed by atoms with van der Waals surface area (Å²) < 4.78 is 20.2. The number of hydrogen-bond acceptors (Lipinski definition) is 1. The molecule has 0 fully saturated rings. The average Bonchev–Trinajstić information content (AvgIpc) is 2.63. The van der Waals surface area contributed by atoms with Crippen molar-refractivity contribution in [3.63, 3.8) is 0 Å². The molecule has 0 radical (unpaired) electrons. The minimum Gasteiger partial charge on any atom is -0.383 e. The summed E-state index contributed by atoms with van der Waals surface area (Å²) >= 11 is 0. The van der Waals surface area contributed by atoms with E-state index in [1.807, 2.05) is 24.3 Å². The number of ether oxygens (including phenoxy) is 1. The quantitative estimate of drug-likeness (QED) is 0.547. The molecule has 0 saturated carbocycles. The summed E-state index contributed by atoms with van der Waals surface area (Å²) in [4.78, 5) is 0. The SMILES string of the molecule is CC/C(=C\C(C)(COC)c1ccccc1)C1=C(F)C=CC(C)(CC)C1. The predicted molar refractivity (Wildman–Crippen MR) is 104 cm³/mol. The normalized spacial score (nSPS) is 23.7. The second-order valence-electron chi connectivity index (χ2n) is 7.58. The van der Waals surface area contributed by atoms with Crippen molar-refractivity contribution in [1.29, 1.82) is 0 Å². The largest absolute Gasteiger partial charge is 0.383 e. The third kappa shape index (κ3) is 4.49. The van der Waals surface area contributed by atoms with Crippen molar-refractivity contribution in [3.8, 4) is 0 Å². The Bertz CT molecular complexity index is 671. The van der Waals surface area contributed by atoms with Crippen LogP contribution in [-0.4, -0.2) is 13.7 Å². The van der Waals surface area contributed by atoms with Gasteiger partial charge in [-0.2, -0.15) is 0 Å². The average molecular weight is 342 g/mol. The lowest BCUT2D eigenvalue weighted by Crippen LogP contribution is -2.26. The van der Waals surface area contributed by atoms with Crippen LogP contribution in [0, 0.1) is 5.41 Å². The molecule has 1 aromatic rings. The number of benzene rings is 1. The fourth-order valence-corrected chi connectivity index (χ4v) is 3.55. The Morgan fingerprint density at radius 1 is 1.28 bits per heavy atom. The lowest BCUT2D eigenvalue weighted by molar-refractivity contribution is 0.158. The van der Waals surface area contributed by atoms with E-state index in [2.05, 4.69) is 45.9 Å². The summed E-state index contributed by atoms with van der Waals surface area (Å²) in [5.74, 6) is -0.0909. The van der Waals surface area contributed by atoms with Gasteiger partial charge in [-0.05, 0) is 54.4 Å². The summed E-state index contributed by atoms with van der Waals surface area (Å²) in [5, 5.41) is 0. The summed E-state index contributed by atoms with van der Waals surface area (Å²) in [6.45, 7) is 9.20. The fraction of sp³-hybridized carbons (Fsp3) is 0.478. The van der Waals surface area contributed by atoms with Crippen LogP contribution >= 0.6 is 0 Å². The van der Waals surface area contributed by atoms with E-state index in [-0.39, 0.29) is 16.7 Å². The Morgan fingerprint density at radius 3 is 2.52 bits per heavy atom. The Hall–Kier alpha value is -1.67. The van der Waals surface area contributed by atoms with Crippen LogP contribution < -0.4 is 0 Å². The fourth-order valence-electron chi connectivity index (χ4n) is 3.55. The molecule has 2 unspecified atom stereocenters. The lowest BCUT2D eigenvalue weighted by Gasteiger charge is -2.32. The van der Waals surface area contributed by atoms with Crippen LogP contribution in [0.1, 0.15) is 52.5 Å². The van der Waals surface area contributed by atoms with Crippen LogP contribution in [0.2, 0.25) is 0 Å². The Balaban J connectivity index is 2.48. The van der Waals surface area contributed by atoms with Gasteiger partial charge < -0.3 is 4.74 Å². The van der Waals surface area contributed by atoms with Gasteiger partial charge in [-0.3, -0.25) is 0 Å². The monoisotopic (exact) mass is 342 g/mol. The van der Waals surface area contributed by atoms with Crippen LogP contribution in [-0.2, 0) is 10.2 Å². The standard InChI is InChI=1S/C23H31FO/c1-6-18(20-16-22(3,7-2)14-13-21(20)24)15-23(4,17-25-5)19-11-9-8-10-12-19/h8-15H,6-7,16-17H2,1-5H3/b18-15+. The van der Waals surface area contributed by atoms with Gasteiger partial charge in [-0.15, -0.1) is 0 Å². The third-order valence-electron chi connectivity index (χ3n) is 5.45. The summed E-state index contributed by atoms with van der Waals surface area (Å²) in [7, 11) is 1.72. The first-order valence-corrected chi connectivity index (χ1v) is 9.22. The molecule has 1 nitrogen and oxygen atoms in total. The third-order valence-corrected chi connectivity index (χ3v) is 5.45. The van der Waals surface area contributed by atoms with Gasteiger partial charge in [0.25, 0.3) is 0 Å². The zero-order valence-electron chi connectivity index (χ0n) is 16.2. The molecule has 136 valence electrons. The van der Waals surface area contributed by atoms with Crippen molar-refractivity contribution < 1.29 is 9.13 Å². The van der Waals surface area contributed by atoms with E-state index in [0.29, 0.717) is 6.61 Å². The molecule has 0 spiro atoms. The first-order valence-electron chi connectivity index (χ1n) is 9.22. The van der Waals surface area contributed by atoms with Crippen LogP contribution in [0.15, 0.2) is 65.5 Å². The molecule has 1 aliphatic rings. The number of halogens is 1. The van der Waals surface area contributed by atoms with Gasteiger partial charge in [0, 0.05) is 12.5 Å². The predicted octanol–water partition coefficient (Wildman–Crippen LogP) is 6.53. The highest BCUT2D eigenvalue weighted by atomic mass is 19.1. The highest BCUT2D eigenvalue weighted by molar-refractivity contribution is 5.44. The molecule has 0 aliphatic heterocycles. The highest BCUT2D eigenvalue weighted by Crippen LogP contribution is 2.42. The first-order chi connectivity index (χ1) is 11.9. The molecule has 2 atom stereocenters. The lowest BCUT2D eigenvalue weighted by atomic mass is 9.73. The van der Waals surface area contributed by atoms with Gasteiger partial charge >= 0.3 is 0 Å². The van der Waals surface area contributed by atoms with E-state index >= 15 is 0 Å². The number of allylic oxidation sites excluding steroid dienone is 5. The van der Waals surface area contributed by atoms with Gasteiger partial charge in [0.2, 0.25) is 0 Å². The molecule has 0 saturated heterocycles. The topological polar surface area (TPSA) is 9.23 Å². The molecule has 25 heavy (non-hydrogen) atoms. The van der Waals surface area contributed by atoms with Crippen LogP contribution in [0.5, 0.6) is 0 Å². The van der Waals surface area contributed by atoms with E-state index < -0.39 is 0 Å². The zero-order valence-corrected chi connectivity index (χ0v) is 16.2. The summed E-state index contributed by atoms with van der Waals surface area (Å²) in [5.41, 5.74) is 2.88. The van der Waals surface area contributed by atoms with Gasteiger partial charge in [0.1, 0.15) is 5.83 Å². The van der Waals surface area contributed by atoms with Gasteiger partial charge in [0.05, 0.1) is 6.61 Å². The minimum atomic E-state index is -0.279. The first kappa shape index (κ1) is 19.7. The van der Waals surface area contributed by atoms with E-state index in [1.165, 1.54) is 5.56 Å². The Kier molecular flexibility index (Phi) is 6.40. The maximum atomic E-state index is 14.6. The summed E-state index contributed by atoms with van der Waals surface area (Å²) in [6, 6.07) is 10.3. The molecule has 1 aliphatic carbocycles. The maximum absolute atomic E-state index is 14.6. The number of hydrogen-bond donors (Lipinski definition) is 0. The van der Waals surface area contributed by atoms with E-state index in [1.54, 1.807) is 13.2 Å². The van der Waals surface area contributed by atoms with Crippen molar-refractivity contribution in [3.05, 3.63) is 71.1 Å². The molecule has 1 aromatic carbocycles. The number of methoxy groups -OCH3 is 1.